The molecule has 1 aliphatic rings. The molecule has 0 unspecified atom stereocenters. The number of methoxy groups -OCH3 is 1. The van der Waals surface area contributed by atoms with E-state index < -0.39 is 0 Å². The monoisotopic (exact) mass is 276 g/mol. The highest BCUT2D eigenvalue weighted by molar-refractivity contribution is 5.96. The molecule has 1 aliphatic carbocycles. The fourth-order valence-corrected chi connectivity index (χ4v) is 1.89. The van der Waals surface area contributed by atoms with Crippen LogP contribution >= 0.6 is 0 Å². The van der Waals surface area contributed by atoms with Crippen LogP contribution in [0.4, 0.5) is 5.69 Å². The molecule has 0 spiro atoms. The van der Waals surface area contributed by atoms with E-state index in [0.717, 1.165) is 18.5 Å². The molecule has 1 aromatic rings. The summed E-state index contributed by atoms with van der Waals surface area (Å²) < 4.78 is 4.97. The third kappa shape index (κ3) is 4.06. The zero-order valence-electron chi connectivity index (χ0n) is 11.8. The van der Waals surface area contributed by atoms with Gasteiger partial charge in [-0.1, -0.05) is 0 Å². The fraction of sp³-hybridized carbons (Fsp3) is 0.467. The Kier molecular flexibility index (Phi) is 4.74. The smallest absolute Gasteiger partial charge is 0.251 e. The minimum Gasteiger partial charge on any atom is -0.383 e. The molecule has 0 aromatic heterocycles. The average molecular weight is 276 g/mol. The Morgan fingerprint density at radius 2 is 1.95 bits per heavy atom. The Hall–Kier alpha value is -1.88. The molecule has 5 heteroatoms. The second-order valence-corrected chi connectivity index (χ2v) is 5.17. The van der Waals surface area contributed by atoms with Gasteiger partial charge in [0.05, 0.1) is 6.61 Å². The summed E-state index contributed by atoms with van der Waals surface area (Å²) in [6, 6.07) is 6.86. The number of amides is 2. The SMILES string of the molecule is COC[C@H](C)NC(=O)c1ccc(NC(=O)C2CC2)cc1. The van der Waals surface area contributed by atoms with Crippen LogP contribution in [0.25, 0.3) is 0 Å². The van der Waals surface area contributed by atoms with Gasteiger partial charge in [0.25, 0.3) is 5.91 Å². The Morgan fingerprint density at radius 1 is 1.30 bits per heavy atom. The van der Waals surface area contributed by atoms with Crippen LogP contribution in [-0.2, 0) is 9.53 Å². The zero-order valence-corrected chi connectivity index (χ0v) is 11.8. The van der Waals surface area contributed by atoms with Gasteiger partial charge in [0, 0.05) is 30.3 Å². The van der Waals surface area contributed by atoms with Gasteiger partial charge in [-0.15, -0.1) is 0 Å². The minimum absolute atomic E-state index is 0.0401. The predicted octanol–water partition coefficient (Wildman–Crippen LogP) is 1.80. The van der Waals surface area contributed by atoms with E-state index in [1.54, 1.807) is 31.4 Å². The Labute approximate surface area is 118 Å². The van der Waals surface area contributed by atoms with Crippen LogP contribution < -0.4 is 10.6 Å². The van der Waals surface area contributed by atoms with E-state index in [4.69, 9.17) is 4.74 Å². The van der Waals surface area contributed by atoms with Gasteiger partial charge in [-0.25, -0.2) is 0 Å². The van der Waals surface area contributed by atoms with Crippen LogP contribution in [0.1, 0.15) is 30.1 Å². The molecule has 0 bridgehead atoms. The van der Waals surface area contributed by atoms with E-state index in [1.807, 2.05) is 6.92 Å². The first-order valence-electron chi connectivity index (χ1n) is 6.81. The second-order valence-electron chi connectivity index (χ2n) is 5.17. The number of carbonyl (C=O) groups is 2. The lowest BCUT2D eigenvalue weighted by Gasteiger charge is -2.13. The first-order valence-corrected chi connectivity index (χ1v) is 6.81. The maximum absolute atomic E-state index is 11.9. The Bertz CT molecular complexity index is 480. The Morgan fingerprint density at radius 3 is 2.50 bits per heavy atom. The minimum atomic E-state index is -0.144. The van der Waals surface area contributed by atoms with Gasteiger partial charge in [0.1, 0.15) is 0 Å². The van der Waals surface area contributed by atoms with Gasteiger partial charge in [-0.05, 0) is 44.0 Å². The molecule has 0 aliphatic heterocycles. The highest BCUT2D eigenvalue weighted by Gasteiger charge is 2.29. The molecule has 1 atom stereocenters. The van der Waals surface area contributed by atoms with Gasteiger partial charge in [-0.2, -0.15) is 0 Å². The molecule has 2 N–H and O–H groups in total. The molecular weight excluding hydrogens is 256 g/mol. The lowest BCUT2D eigenvalue weighted by atomic mass is 10.2. The van der Waals surface area contributed by atoms with Crippen molar-refractivity contribution in [2.24, 2.45) is 5.92 Å². The maximum Gasteiger partial charge on any atom is 0.251 e. The van der Waals surface area contributed by atoms with Crippen molar-refractivity contribution in [1.29, 1.82) is 0 Å². The summed E-state index contributed by atoms with van der Waals surface area (Å²) in [5.41, 5.74) is 1.29. The number of hydrogen-bond donors (Lipinski definition) is 2. The topological polar surface area (TPSA) is 67.4 Å². The van der Waals surface area contributed by atoms with Crippen LogP contribution in [0.2, 0.25) is 0 Å². The molecule has 2 rings (SSSR count). The maximum atomic E-state index is 11.9. The highest BCUT2D eigenvalue weighted by Crippen LogP contribution is 2.30. The summed E-state index contributed by atoms with van der Waals surface area (Å²) in [6.07, 6.45) is 1.95. The van der Waals surface area contributed by atoms with Crippen molar-refractivity contribution in [1.82, 2.24) is 5.32 Å². The number of anilines is 1. The largest absolute Gasteiger partial charge is 0.383 e. The molecule has 1 fully saturated rings. The van der Waals surface area contributed by atoms with Crippen molar-refractivity contribution in [3.8, 4) is 0 Å². The summed E-state index contributed by atoms with van der Waals surface area (Å²) >= 11 is 0. The molecule has 0 heterocycles. The predicted molar refractivity (Wildman–Crippen MR) is 76.6 cm³/mol. The molecule has 108 valence electrons. The van der Waals surface area contributed by atoms with Crippen LogP contribution in [0, 0.1) is 5.92 Å². The van der Waals surface area contributed by atoms with Crippen molar-refractivity contribution in [2.75, 3.05) is 19.0 Å². The third-order valence-corrected chi connectivity index (χ3v) is 3.16. The summed E-state index contributed by atoms with van der Waals surface area (Å²) in [5, 5.41) is 5.67. The standard InChI is InChI=1S/C15H20N2O3/c1-10(9-20-2)16-14(18)12-5-7-13(8-6-12)17-15(19)11-3-4-11/h5-8,10-11H,3-4,9H2,1-2H3,(H,16,18)(H,17,19)/t10-/m0/s1. The van der Waals surface area contributed by atoms with E-state index in [-0.39, 0.29) is 23.8 Å². The van der Waals surface area contributed by atoms with E-state index >= 15 is 0 Å². The molecule has 1 aromatic carbocycles. The normalized spacial score (nSPS) is 15.5. The number of rotatable bonds is 6. The average Bonchev–Trinajstić information content (AvgIpc) is 3.24. The van der Waals surface area contributed by atoms with Crippen LogP contribution in [-0.4, -0.2) is 31.6 Å². The molecule has 0 saturated heterocycles. The van der Waals surface area contributed by atoms with E-state index in [2.05, 4.69) is 10.6 Å². The number of ether oxygens (including phenoxy) is 1. The van der Waals surface area contributed by atoms with Crippen molar-refractivity contribution in [2.45, 2.75) is 25.8 Å². The highest BCUT2D eigenvalue weighted by atomic mass is 16.5. The van der Waals surface area contributed by atoms with Gasteiger partial charge in [0.2, 0.25) is 5.91 Å². The summed E-state index contributed by atoms with van der Waals surface area (Å²) in [7, 11) is 1.60. The van der Waals surface area contributed by atoms with Crippen LogP contribution in [0.15, 0.2) is 24.3 Å². The van der Waals surface area contributed by atoms with Gasteiger partial charge >= 0.3 is 0 Å². The first-order chi connectivity index (χ1) is 9.60. The lowest BCUT2D eigenvalue weighted by molar-refractivity contribution is -0.117. The first kappa shape index (κ1) is 14.5. The summed E-state index contributed by atoms with van der Waals surface area (Å²) in [5.74, 6) is 0.0957. The Balaban J connectivity index is 1.89. The third-order valence-electron chi connectivity index (χ3n) is 3.16. The number of nitrogens with one attached hydrogen (secondary N) is 2. The molecule has 0 radical (unpaired) electrons. The van der Waals surface area contributed by atoms with Crippen molar-refractivity contribution < 1.29 is 14.3 Å². The van der Waals surface area contributed by atoms with Gasteiger partial charge in [-0.3, -0.25) is 9.59 Å². The molecule has 5 nitrogen and oxygen atoms in total. The van der Waals surface area contributed by atoms with Crippen molar-refractivity contribution >= 4 is 17.5 Å². The molecular formula is C15H20N2O3. The van der Waals surface area contributed by atoms with Crippen LogP contribution in [0.3, 0.4) is 0 Å². The summed E-state index contributed by atoms with van der Waals surface area (Å²) in [6.45, 7) is 2.35. The van der Waals surface area contributed by atoms with E-state index in [1.165, 1.54) is 0 Å². The fourth-order valence-electron chi connectivity index (χ4n) is 1.89. The molecule has 2 amide bonds. The lowest BCUT2D eigenvalue weighted by Crippen LogP contribution is -2.35. The van der Waals surface area contributed by atoms with E-state index in [9.17, 15) is 9.59 Å². The van der Waals surface area contributed by atoms with Gasteiger partial charge < -0.3 is 15.4 Å². The second kappa shape index (κ2) is 6.52. The van der Waals surface area contributed by atoms with Crippen LogP contribution in [0.5, 0.6) is 0 Å². The number of benzene rings is 1. The van der Waals surface area contributed by atoms with Gasteiger partial charge in [0.15, 0.2) is 0 Å². The quantitative estimate of drug-likeness (QED) is 0.832. The van der Waals surface area contributed by atoms with E-state index in [0.29, 0.717) is 12.2 Å². The molecule has 20 heavy (non-hydrogen) atoms. The molecule has 1 saturated carbocycles. The summed E-state index contributed by atoms with van der Waals surface area (Å²) in [4.78, 5) is 23.5. The number of hydrogen-bond acceptors (Lipinski definition) is 3. The number of carbonyl (C=O) groups excluding carboxylic acids is 2. The van der Waals surface area contributed by atoms with Crippen molar-refractivity contribution in [3.05, 3.63) is 29.8 Å². The zero-order chi connectivity index (χ0) is 14.5. The van der Waals surface area contributed by atoms with Crippen molar-refractivity contribution in [3.63, 3.8) is 0 Å².